The molecule has 2 amide bonds. The lowest BCUT2D eigenvalue weighted by Crippen LogP contribution is -2.27. The Hall–Kier alpha value is -1.76. The fourth-order valence-corrected chi connectivity index (χ4v) is 2.75. The van der Waals surface area contributed by atoms with Gasteiger partial charge in [-0.1, -0.05) is 36.0 Å². The summed E-state index contributed by atoms with van der Waals surface area (Å²) in [6, 6.07) is 11.5. The second-order valence-corrected chi connectivity index (χ2v) is 6.72. The van der Waals surface area contributed by atoms with Gasteiger partial charge in [0.2, 0.25) is 0 Å². The van der Waals surface area contributed by atoms with Crippen LogP contribution in [0.4, 0.5) is 10.5 Å². The Bertz CT molecular complexity index is 729. The van der Waals surface area contributed by atoms with Crippen LogP contribution in [0.5, 0.6) is 11.5 Å². The van der Waals surface area contributed by atoms with Gasteiger partial charge in [0.05, 0.1) is 23.9 Å². The summed E-state index contributed by atoms with van der Waals surface area (Å²) in [4.78, 5) is 11.0. The monoisotopic (exact) mass is 414 g/mol. The number of carbonyl (C=O) groups excluding carboxylic acids is 1. The number of amides is 2. The first kappa shape index (κ1) is 20.6. The van der Waals surface area contributed by atoms with Crippen molar-refractivity contribution in [3.05, 3.63) is 52.5 Å². The van der Waals surface area contributed by atoms with E-state index in [1.54, 1.807) is 42.5 Å². The third kappa shape index (κ3) is 6.52. The van der Waals surface area contributed by atoms with Crippen molar-refractivity contribution in [2.24, 2.45) is 5.73 Å². The third-order valence-electron chi connectivity index (χ3n) is 3.50. The van der Waals surface area contributed by atoms with Gasteiger partial charge in [-0.2, -0.15) is 0 Å². The maximum atomic E-state index is 11.0. The van der Waals surface area contributed by atoms with Crippen LogP contribution in [0.1, 0.15) is 19.3 Å². The molecular weight excluding hydrogens is 395 g/mol. The smallest absolute Gasteiger partial charge is 0.329 e. The molecule has 2 aromatic rings. The van der Waals surface area contributed by atoms with E-state index in [0.717, 1.165) is 29.3 Å². The van der Waals surface area contributed by atoms with Crippen molar-refractivity contribution < 1.29 is 14.3 Å². The van der Waals surface area contributed by atoms with E-state index < -0.39 is 6.03 Å². The lowest BCUT2D eigenvalue weighted by Gasteiger charge is -2.13. The van der Waals surface area contributed by atoms with Crippen LogP contribution >= 0.6 is 36.0 Å². The van der Waals surface area contributed by atoms with E-state index in [4.69, 9.17) is 38.4 Å². The number of nitrogens with zero attached hydrogens (tertiary/aromatic N) is 1. The van der Waals surface area contributed by atoms with Crippen LogP contribution in [0.15, 0.2) is 42.5 Å². The molecule has 2 aromatic carbocycles. The van der Waals surface area contributed by atoms with Gasteiger partial charge >= 0.3 is 6.03 Å². The number of benzene rings is 2. The standard InChI is InChI=1S/C18H20Cl2N2O3S/c19-13-4-9-17(16(20)12-13)25-11-3-1-2-10-24-15-7-5-14(6-8-15)22(26)18(21)23/h4-9,12,26H,1-3,10-11H2,(H2,21,23). The van der Waals surface area contributed by atoms with E-state index in [0.29, 0.717) is 34.7 Å². The Morgan fingerprint density at radius 1 is 1.00 bits per heavy atom. The predicted octanol–water partition coefficient (Wildman–Crippen LogP) is 5.35. The second-order valence-electron chi connectivity index (χ2n) is 5.48. The van der Waals surface area contributed by atoms with Crippen molar-refractivity contribution in [3.8, 4) is 11.5 Å². The molecule has 0 aliphatic carbocycles. The van der Waals surface area contributed by atoms with Gasteiger partial charge in [0.15, 0.2) is 0 Å². The van der Waals surface area contributed by atoms with E-state index >= 15 is 0 Å². The maximum absolute atomic E-state index is 11.0. The zero-order valence-corrected chi connectivity index (χ0v) is 16.4. The molecule has 0 saturated carbocycles. The summed E-state index contributed by atoms with van der Waals surface area (Å²) < 4.78 is 12.4. The zero-order chi connectivity index (χ0) is 18.9. The van der Waals surface area contributed by atoms with Gasteiger partial charge in [-0.15, -0.1) is 0 Å². The van der Waals surface area contributed by atoms with Gasteiger partial charge in [0.1, 0.15) is 11.5 Å². The fourth-order valence-electron chi connectivity index (χ4n) is 2.16. The Labute approximate surface area is 168 Å². The van der Waals surface area contributed by atoms with E-state index in [2.05, 4.69) is 12.8 Å². The normalized spacial score (nSPS) is 10.4. The Balaban J connectivity index is 1.61. The van der Waals surface area contributed by atoms with Gasteiger partial charge in [-0.3, -0.25) is 0 Å². The van der Waals surface area contributed by atoms with Crippen LogP contribution in [0.3, 0.4) is 0 Å². The zero-order valence-electron chi connectivity index (χ0n) is 14.0. The third-order valence-corrected chi connectivity index (χ3v) is 4.46. The number of primary amides is 1. The van der Waals surface area contributed by atoms with E-state index in [9.17, 15) is 4.79 Å². The molecule has 0 atom stereocenters. The van der Waals surface area contributed by atoms with Crippen LogP contribution in [-0.2, 0) is 0 Å². The first-order chi connectivity index (χ1) is 12.5. The fraction of sp³-hybridized carbons (Fsp3) is 0.278. The van der Waals surface area contributed by atoms with Gasteiger partial charge < -0.3 is 15.2 Å². The molecule has 0 aromatic heterocycles. The molecule has 2 rings (SSSR count). The van der Waals surface area contributed by atoms with Gasteiger partial charge in [0.25, 0.3) is 0 Å². The lowest BCUT2D eigenvalue weighted by molar-refractivity contribution is 0.257. The average Bonchev–Trinajstić information content (AvgIpc) is 2.62. The molecule has 0 spiro atoms. The molecule has 0 heterocycles. The molecule has 0 saturated heterocycles. The maximum Gasteiger partial charge on any atom is 0.329 e. The molecule has 0 unspecified atom stereocenters. The Kier molecular flexibility index (Phi) is 8.22. The molecule has 0 radical (unpaired) electrons. The number of hydrogen-bond donors (Lipinski definition) is 2. The lowest BCUT2D eigenvalue weighted by atomic mass is 10.2. The van der Waals surface area contributed by atoms with Gasteiger partial charge in [0, 0.05) is 5.02 Å². The molecule has 26 heavy (non-hydrogen) atoms. The van der Waals surface area contributed by atoms with Crippen LogP contribution in [0.25, 0.3) is 0 Å². The van der Waals surface area contributed by atoms with Crippen molar-refractivity contribution in [3.63, 3.8) is 0 Å². The number of thiol groups is 1. The minimum Gasteiger partial charge on any atom is -0.494 e. The largest absolute Gasteiger partial charge is 0.494 e. The van der Waals surface area contributed by atoms with E-state index in [-0.39, 0.29) is 0 Å². The minimum atomic E-state index is -0.635. The summed E-state index contributed by atoms with van der Waals surface area (Å²) in [6.45, 7) is 1.18. The molecule has 0 aliphatic heterocycles. The van der Waals surface area contributed by atoms with Crippen LogP contribution in [0.2, 0.25) is 10.0 Å². The second kappa shape index (κ2) is 10.4. The SMILES string of the molecule is NC(=O)N(S)c1ccc(OCCCCCOc2ccc(Cl)cc2Cl)cc1. The molecule has 0 bridgehead atoms. The molecule has 140 valence electrons. The topological polar surface area (TPSA) is 64.8 Å². The number of nitrogens with two attached hydrogens (primary N) is 1. The number of halogens is 2. The molecule has 0 fully saturated rings. The highest BCUT2D eigenvalue weighted by Gasteiger charge is 2.07. The first-order valence-corrected chi connectivity index (χ1v) is 9.22. The summed E-state index contributed by atoms with van der Waals surface area (Å²) in [5.41, 5.74) is 5.74. The Morgan fingerprint density at radius 3 is 2.27 bits per heavy atom. The highest BCUT2D eigenvalue weighted by Crippen LogP contribution is 2.27. The predicted molar refractivity (Wildman–Crippen MR) is 109 cm³/mol. The summed E-state index contributed by atoms with van der Waals surface area (Å²) in [5, 5.41) is 1.10. The minimum absolute atomic E-state index is 0.514. The van der Waals surface area contributed by atoms with E-state index in [1.165, 1.54) is 0 Å². The summed E-state index contributed by atoms with van der Waals surface area (Å²) in [5.74, 6) is 1.37. The summed E-state index contributed by atoms with van der Waals surface area (Å²) in [6.07, 6.45) is 2.77. The quantitative estimate of drug-likeness (QED) is 0.429. The number of ether oxygens (including phenoxy) is 2. The van der Waals surface area contributed by atoms with Crippen molar-refractivity contribution in [2.75, 3.05) is 17.5 Å². The van der Waals surface area contributed by atoms with Crippen molar-refractivity contribution in [1.82, 2.24) is 0 Å². The van der Waals surface area contributed by atoms with Gasteiger partial charge in [-0.25, -0.2) is 9.10 Å². The molecular formula is C18H20Cl2N2O3S. The number of hydrogen-bond acceptors (Lipinski definition) is 4. The Morgan fingerprint density at radius 2 is 1.65 bits per heavy atom. The van der Waals surface area contributed by atoms with Crippen molar-refractivity contribution >= 4 is 47.7 Å². The number of anilines is 1. The average molecular weight is 415 g/mol. The van der Waals surface area contributed by atoms with Crippen molar-refractivity contribution in [1.29, 1.82) is 0 Å². The number of urea groups is 1. The summed E-state index contributed by atoms with van der Waals surface area (Å²) in [7, 11) is 0. The number of rotatable bonds is 9. The summed E-state index contributed by atoms with van der Waals surface area (Å²) >= 11 is 15.9. The van der Waals surface area contributed by atoms with E-state index in [1.807, 2.05) is 0 Å². The van der Waals surface area contributed by atoms with Crippen LogP contribution in [0, 0.1) is 0 Å². The number of unbranched alkanes of at least 4 members (excludes halogenated alkanes) is 2. The highest BCUT2D eigenvalue weighted by atomic mass is 35.5. The van der Waals surface area contributed by atoms with Gasteiger partial charge in [-0.05, 0) is 61.7 Å². The highest BCUT2D eigenvalue weighted by molar-refractivity contribution is 7.82. The molecule has 0 aliphatic rings. The van der Waals surface area contributed by atoms with Crippen LogP contribution in [-0.4, -0.2) is 19.2 Å². The number of carbonyl (C=O) groups is 1. The van der Waals surface area contributed by atoms with Crippen molar-refractivity contribution in [2.45, 2.75) is 19.3 Å². The first-order valence-electron chi connectivity index (χ1n) is 8.06. The molecule has 8 heteroatoms. The molecule has 5 nitrogen and oxygen atoms in total. The molecule has 2 N–H and O–H groups in total. The van der Waals surface area contributed by atoms with Crippen LogP contribution < -0.4 is 19.5 Å².